The van der Waals surface area contributed by atoms with Gasteiger partial charge in [-0.25, -0.2) is 4.90 Å². The van der Waals surface area contributed by atoms with E-state index in [0.29, 0.717) is 6.42 Å². The molecule has 0 aromatic rings. The summed E-state index contributed by atoms with van der Waals surface area (Å²) in [6.45, 7) is 3.96. The molecule has 0 aromatic carbocycles. The topological polar surface area (TPSA) is 74.8 Å². The van der Waals surface area contributed by atoms with Crippen LogP contribution in [0.4, 0.5) is 0 Å². The van der Waals surface area contributed by atoms with Crippen LogP contribution in [0.15, 0.2) is 11.8 Å². The number of unbranched alkanes of at least 4 members (excludes halogenated alkanes) is 1. The minimum atomic E-state index is -0.592. The molecule has 1 heterocycles. The summed E-state index contributed by atoms with van der Waals surface area (Å²) in [6, 6.07) is 0. The molecule has 98 valence electrons. The SMILES string of the molecule is CCC/C=C1/C(=O)N(C(C)=O)CC(=O)N1C(C)=O. The molecule has 0 saturated carbocycles. The van der Waals surface area contributed by atoms with Crippen molar-refractivity contribution in [2.24, 2.45) is 0 Å². The molecule has 0 atom stereocenters. The van der Waals surface area contributed by atoms with E-state index in [1.54, 1.807) is 0 Å². The number of carbonyl (C=O) groups excluding carboxylic acids is 4. The second kappa shape index (κ2) is 5.57. The average Bonchev–Trinajstić information content (AvgIpc) is 2.28. The standard InChI is InChI=1S/C12H16N2O4/c1-4-5-6-10-12(18)13(8(2)15)7-11(17)14(10)9(3)16/h6H,4-5,7H2,1-3H3/b10-6-. The van der Waals surface area contributed by atoms with Gasteiger partial charge >= 0.3 is 0 Å². The van der Waals surface area contributed by atoms with E-state index in [-0.39, 0.29) is 12.2 Å². The molecule has 0 aliphatic carbocycles. The molecule has 1 fully saturated rings. The van der Waals surface area contributed by atoms with E-state index in [9.17, 15) is 19.2 Å². The number of imide groups is 2. The highest BCUT2D eigenvalue weighted by molar-refractivity contribution is 6.15. The van der Waals surface area contributed by atoms with E-state index in [1.807, 2.05) is 6.92 Å². The van der Waals surface area contributed by atoms with Crippen LogP contribution in [0.1, 0.15) is 33.6 Å². The van der Waals surface area contributed by atoms with Crippen molar-refractivity contribution < 1.29 is 19.2 Å². The minimum absolute atomic E-state index is 0.0178. The van der Waals surface area contributed by atoms with Gasteiger partial charge < -0.3 is 0 Å². The smallest absolute Gasteiger partial charge is 0.275 e. The summed E-state index contributed by atoms with van der Waals surface area (Å²) < 4.78 is 0. The monoisotopic (exact) mass is 252 g/mol. The average molecular weight is 252 g/mol. The van der Waals surface area contributed by atoms with E-state index in [0.717, 1.165) is 16.2 Å². The van der Waals surface area contributed by atoms with Gasteiger partial charge in [0.25, 0.3) is 11.8 Å². The third-order valence-electron chi connectivity index (χ3n) is 2.57. The van der Waals surface area contributed by atoms with E-state index >= 15 is 0 Å². The maximum atomic E-state index is 12.0. The maximum Gasteiger partial charge on any atom is 0.277 e. The van der Waals surface area contributed by atoms with Crippen molar-refractivity contribution >= 4 is 23.6 Å². The number of hydrogen-bond donors (Lipinski definition) is 0. The fourth-order valence-electron chi connectivity index (χ4n) is 1.71. The number of hydrogen-bond acceptors (Lipinski definition) is 4. The summed E-state index contributed by atoms with van der Waals surface area (Å²) in [4.78, 5) is 48.2. The maximum absolute atomic E-state index is 12.0. The molecule has 6 nitrogen and oxygen atoms in total. The number of piperazine rings is 1. The molecule has 1 rings (SSSR count). The van der Waals surface area contributed by atoms with Crippen molar-refractivity contribution in [3.63, 3.8) is 0 Å². The van der Waals surface area contributed by atoms with E-state index in [1.165, 1.54) is 19.9 Å². The number of allylic oxidation sites excluding steroid dienone is 1. The van der Waals surface area contributed by atoms with Crippen LogP contribution in [0.3, 0.4) is 0 Å². The largest absolute Gasteiger partial charge is 0.277 e. The number of nitrogens with zero attached hydrogens (tertiary/aromatic N) is 2. The highest BCUT2D eigenvalue weighted by Gasteiger charge is 2.38. The van der Waals surface area contributed by atoms with Gasteiger partial charge in [-0.05, 0) is 6.42 Å². The van der Waals surface area contributed by atoms with Crippen molar-refractivity contribution in [3.8, 4) is 0 Å². The van der Waals surface area contributed by atoms with E-state index in [2.05, 4.69) is 0 Å². The second-order valence-electron chi connectivity index (χ2n) is 4.04. The third kappa shape index (κ3) is 2.64. The zero-order chi connectivity index (χ0) is 13.9. The zero-order valence-corrected chi connectivity index (χ0v) is 10.7. The summed E-state index contributed by atoms with van der Waals surface area (Å²) in [6.07, 6.45) is 2.86. The highest BCUT2D eigenvalue weighted by atomic mass is 16.2. The van der Waals surface area contributed by atoms with Gasteiger partial charge in [0.05, 0.1) is 0 Å². The molecule has 1 aliphatic heterocycles. The van der Waals surface area contributed by atoms with Crippen LogP contribution in [0, 0.1) is 0 Å². The quantitative estimate of drug-likeness (QED) is 0.668. The Balaban J connectivity index is 3.17. The second-order valence-corrected chi connectivity index (χ2v) is 4.04. The van der Waals surface area contributed by atoms with Gasteiger partial charge in [0.2, 0.25) is 11.8 Å². The summed E-state index contributed by atoms with van der Waals surface area (Å²) >= 11 is 0. The molecule has 4 amide bonds. The Labute approximate surface area is 105 Å². The Kier molecular flexibility index (Phi) is 4.36. The lowest BCUT2D eigenvalue weighted by atomic mass is 10.1. The number of rotatable bonds is 2. The summed E-state index contributed by atoms with van der Waals surface area (Å²) in [5, 5.41) is 0. The molecular weight excluding hydrogens is 236 g/mol. The van der Waals surface area contributed by atoms with E-state index in [4.69, 9.17) is 0 Å². The Morgan fingerprint density at radius 3 is 2.28 bits per heavy atom. The Morgan fingerprint density at radius 2 is 1.83 bits per heavy atom. The Bertz CT molecular complexity index is 439. The molecule has 0 N–H and O–H groups in total. The predicted octanol–water partition coefficient (Wildman–Crippen LogP) is 0.434. The fraction of sp³-hybridized carbons (Fsp3) is 0.500. The first kappa shape index (κ1) is 14.1. The lowest BCUT2D eigenvalue weighted by Gasteiger charge is -2.32. The van der Waals surface area contributed by atoms with Gasteiger partial charge in [0.1, 0.15) is 12.2 Å². The van der Waals surface area contributed by atoms with Crippen LogP contribution in [0.25, 0.3) is 0 Å². The lowest BCUT2D eigenvalue weighted by molar-refractivity contribution is -0.157. The minimum Gasteiger partial charge on any atom is -0.275 e. The normalized spacial score (nSPS) is 18.5. The van der Waals surface area contributed by atoms with Gasteiger partial charge in [0.15, 0.2) is 0 Å². The van der Waals surface area contributed by atoms with Crippen molar-refractivity contribution in [1.29, 1.82) is 0 Å². The van der Waals surface area contributed by atoms with Gasteiger partial charge in [-0.1, -0.05) is 19.4 Å². The highest BCUT2D eigenvalue weighted by Crippen LogP contribution is 2.18. The number of carbonyl (C=O) groups is 4. The molecule has 0 radical (unpaired) electrons. The Morgan fingerprint density at radius 1 is 1.22 bits per heavy atom. The van der Waals surface area contributed by atoms with Gasteiger partial charge in [0, 0.05) is 13.8 Å². The van der Waals surface area contributed by atoms with Crippen LogP contribution in [-0.4, -0.2) is 40.0 Å². The molecule has 18 heavy (non-hydrogen) atoms. The molecule has 0 unspecified atom stereocenters. The van der Waals surface area contributed by atoms with Crippen LogP contribution in [-0.2, 0) is 19.2 Å². The lowest BCUT2D eigenvalue weighted by Crippen LogP contribution is -2.54. The first-order chi connectivity index (χ1) is 8.40. The van der Waals surface area contributed by atoms with Gasteiger partial charge in [-0.15, -0.1) is 0 Å². The molecule has 1 aliphatic rings. The van der Waals surface area contributed by atoms with Crippen LogP contribution >= 0.6 is 0 Å². The fourth-order valence-corrected chi connectivity index (χ4v) is 1.71. The Hall–Kier alpha value is -1.98. The molecule has 1 saturated heterocycles. The van der Waals surface area contributed by atoms with Crippen molar-refractivity contribution in [2.45, 2.75) is 33.6 Å². The molecule has 6 heteroatoms. The van der Waals surface area contributed by atoms with Gasteiger partial charge in [-0.3, -0.25) is 24.1 Å². The summed E-state index contributed by atoms with van der Waals surface area (Å²) in [5.74, 6) is -2.16. The van der Waals surface area contributed by atoms with Gasteiger partial charge in [-0.2, -0.15) is 0 Å². The van der Waals surface area contributed by atoms with Crippen LogP contribution in [0.5, 0.6) is 0 Å². The molecule has 0 spiro atoms. The van der Waals surface area contributed by atoms with Crippen molar-refractivity contribution in [1.82, 2.24) is 9.80 Å². The van der Waals surface area contributed by atoms with Crippen molar-refractivity contribution in [2.75, 3.05) is 6.54 Å². The van der Waals surface area contributed by atoms with Crippen LogP contribution < -0.4 is 0 Å². The van der Waals surface area contributed by atoms with Crippen molar-refractivity contribution in [3.05, 3.63) is 11.8 Å². The first-order valence-corrected chi connectivity index (χ1v) is 5.76. The van der Waals surface area contributed by atoms with E-state index < -0.39 is 23.6 Å². The first-order valence-electron chi connectivity index (χ1n) is 5.76. The molecular formula is C12H16N2O4. The number of amides is 4. The zero-order valence-electron chi connectivity index (χ0n) is 10.7. The molecule has 0 aromatic heterocycles. The predicted molar refractivity (Wildman–Crippen MR) is 62.9 cm³/mol. The van der Waals surface area contributed by atoms with Crippen LogP contribution in [0.2, 0.25) is 0 Å². The molecule has 0 bridgehead atoms. The summed E-state index contributed by atoms with van der Waals surface area (Å²) in [5.41, 5.74) is -0.0178. The summed E-state index contributed by atoms with van der Waals surface area (Å²) in [7, 11) is 0. The third-order valence-corrected chi connectivity index (χ3v) is 2.57.